The highest BCUT2D eigenvalue weighted by Gasteiger charge is 2.40. The summed E-state index contributed by atoms with van der Waals surface area (Å²) in [4.78, 5) is 12.9. The number of phenolic OH excluding ortho intramolecular Hbond substituents is 1. The van der Waals surface area contributed by atoms with Gasteiger partial charge in [0.05, 0.1) is 12.7 Å². The normalized spacial score (nSPS) is 19.9. The number of ether oxygens (including phenoxy) is 2. The summed E-state index contributed by atoms with van der Waals surface area (Å²) in [5.74, 6) is 1.18. The van der Waals surface area contributed by atoms with Gasteiger partial charge in [-0.05, 0) is 50.1 Å². The Hall–Kier alpha value is -2.79. The molecule has 1 aliphatic carbocycles. The van der Waals surface area contributed by atoms with Gasteiger partial charge in [0.15, 0.2) is 5.78 Å². The molecule has 1 aliphatic heterocycles. The van der Waals surface area contributed by atoms with E-state index in [0.29, 0.717) is 29.9 Å². The average molecular weight is 368 g/mol. The first-order chi connectivity index (χ1) is 12.8. The number of benzene rings is 1. The summed E-state index contributed by atoms with van der Waals surface area (Å²) in [5, 5.41) is 19.7. The Balaban J connectivity index is 1.94. The first-order valence-corrected chi connectivity index (χ1v) is 8.87. The number of fused-ring (bicyclic) bond motifs is 1. The number of carbonyl (C=O) groups excluding carboxylic acids is 1. The number of hydrogen-bond acceptors (Lipinski definition) is 5. The number of allylic oxidation sites excluding steroid dienone is 5. The molecule has 1 unspecified atom stereocenters. The van der Waals surface area contributed by atoms with E-state index in [-0.39, 0.29) is 11.5 Å². The Kier molecular flexibility index (Phi) is 5.24. The van der Waals surface area contributed by atoms with Crippen LogP contribution in [0.4, 0.5) is 0 Å². The lowest BCUT2D eigenvalue weighted by molar-refractivity contribution is -0.111. The largest absolute Gasteiger partial charge is 0.508 e. The summed E-state index contributed by atoms with van der Waals surface area (Å²) in [7, 11) is 1.58. The zero-order valence-electron chi connectivity index (χ0n) is 15.7. The second kappa shape index (κ2) is 7.45. The van der Waals surface area contributed by atoms with Gasteiger partial charge in [-0.15, -0.1) is 0 Å². The van der Waals surface area contributed by atoms with Crippen LogP contribution in [-0.4, -0.2) is 34.8 Å². The molecule has 1 aromatic carbocycles. The molecule has 27 heavy (non-hydrogen) atoms. The molecule has 0 saturated carbocycles. The van der Waals surface area contributed by atoms with Crippen LogP contribution in [0.2, 0.25) is 0 Å². The van der Waals surface area contributed by atoms with Gasteiger partial charge in [-0.2, -0.15) is 0 Å². The van der Waals surface area contributed by atoms with E-state index in [4.69, 9.17) is 9.47 Å². The Morgan fingerprint density at radius 1 is 1.30 bits per heavy atom. The lowest BCUT2D eigenvalue weighted by Crippen LogP contribution is -2.35. The van der Waals surface area contributed by atoms with Gasteiger partial charge in [0, 0.05) is 17.6 Å². The molecule has 2 aliphatic rings. The fourth-order valence-electron chi connectivity index (χ4n) is 3.13. The SMILES string of the molecule is COC1=C2CC(C(C)(C)O)OC2=C(C(=O)/C=C/c2ccc(O)cc2)CC=C1. The molecule has 1 fully saturated rings. The summed E-state index contributed by atoms with van der Waals surface area (Å²) in [5.41, 5.74) is 1.12. The van der Waals surface area contributed by atoms with Crippen molar-refractivity contribution in [3.05, 3.63) is 70.7 Å². The van der Waals surface area contributed by atoms with Gasteiger partial charge in [-0.1, -0.05) is 24.3 Å². The molecule has 0 aromatic heterocycles. The molecule has 1 atom stereocenters. The number of rotatable bonds is 5. The fraction of sp³-hybridized carbons (Fsp3) is 0.318. The second-order valence-electron chi connectivity index (χ2n) is 7.21. The minimum Gasteiger partial charge on any atom is -0.508 e. The number of hydrogen-bond donors (Lipinski definition) is 2. The summed E-state index contributed by atoms with van der Waals surface area (Å²) < 4.78 is 11.5. The third-order valence-electron chi connectivity index (χ3n) is 4.71. The van der Waals surface area contributed by atoms with Crippen LogP contribution >= 0.6 is 0 Å². The van der Waals surface area contributed by atoms with E-state index >= 15 is 0 Å². The van der Waals surface area contributed by atoms with Crippen molar-refractivity contribution in [3.63, 3.8) is 0 Å². The first-order valence-electron chi connectivity index (χ1n) is 8.87. The molecule has 0 spiro atoms. The van der Waals surface area contributed by atoms with E-state index in [2.05, 4.69) is 0 Å². The smallest absolute Gasteiger partial charge is 0.185 e. The molecule has 0 radical (unpaired) electrons. The highest BCUT2D eigenvalue weighted by atomic mass is 16.5. The van der Waals surface area contributed by atoms with Gasteiger partial charge < -0.3 is 19.7 Å². The molecule has 1 heterocycles. The van der Waals surface area contributed by atoms with Gasteiger partial charge in [-0.3, -0.25) is 4.79 Å². The van der Waals surface area contributed by atoms with Crippen molar-refractivity contribution < 1.29 is 24.5 Å². The fourth-order valence-corrected chi connectivity index (χ4v) is 3.13. The molecule has 2 N–H and O–H groups in total. The lowest BCUT2D eigenvalue weighted by Gasteiger charge is -2.24. The van der Waals surface area contributed by atoms with E-state index in [9.17, 15) is 15.0 Å². The predicted molar refractivity (Wildman–Crippen MR) is 103 cm³/mol. The number of phenols is 1. The number of carbonyl (C=O) groups is 1. The molecule has 142 valence electrons. The number of aromatic hydroxyl groups is 1. The van der Waals surface area contributed by atoms with Crippen LogP contribution in [0.25, 0.3) is 6.08 Å². The number of aliphatic hydroxyl groups is 1. The Morgan fingerprint density at radius 3 is 2.63 bits per heavy atom. The third kappa shape index (κ3) is 4.14. The van der Waals surface area contributed by atoms with Crippen LogP contribution in [-0.2, 0) is 14.3 Å². The summed E-state index contributed by atoms with van der Waals surface area (Å²) >= 11 is 0. The highest BCUT2D eigenvalue weighted by molar-refractivity contribution is 6.07. The third-order valence-corrected chi connectivity index (χ3v) is 4.71. The Bertz CT molecular complexity index is 848. The van der Waals surface area contributed by atoms with Crippen LogP contribution in [0.3, 0.4) is 0 Å². The lowest BCUT2D eigenvalue weighted by atomic mass is 9.96. The Morgan fingerprint density at radius 2 is 2.00 bits per heavy atom. The summed E-state index contributed by atoms with van der Waals surface area (Å²) in [6.45, 7) is 3.39. The van der Waals surface area contributed by atoms with Crippen LogP contribution in [0.1, 0.15) is 32.3 Å². The van der Waals surface area contributed by atoms with Crippen molar-refractivity contribution in [1.29, 1.82) is 0 Å². The maximum absolute atomic E-state index is 12.9. The quantitative estimate of drug-likeness (QED) is 0.776. The van der Waals surface area contributed by atoms with Crippen LogP contribution < -0.4 is 0 Å². The van der Waals surface area contributed by atoms with Crippen molar-refractivity contribution in [2.45, 2.75) is 38.4 Å². The highest BCUT2D eigenvalue weighted by Crippen LogP contribution is 2.41. The average Bonchev–Trinajstić information content (AvgIpc) is 2.99. The molecule has 3 rings (SSSR count). The molecule has 5 heteroatoms. The van der Waals surface area contributed by atoms with Crippen molar-refractivity contribution in [1.82, 2.24) is 0 Å². The maximum atomic E-state index is 12.9. The molecular weight excluding hydrogens is 344 g/mol. The van der Waals surface area contributed by atoms with Gasteiger partial charge in [-0.25, -0.2) is 0 Å². The van der Waals surface area contributed by atoms with Gasteiger partial charge in [0.2, 0.25) is 0 Å². The second-order valence-corrected chi connectivity index (χ2v) is 7.21. The zero-order chi connectivity index (χ0) is 19.6. The van der Waals surface area contributed by atoms with E-state index < -0.39 is 11.7 Å². The van der Waals surface area contributed by atoms with Crippen LogP contribution in [0.5, 0.6) is 5.75 Å². The van der Waals surface area contributed by atoms with E-state index in [1.54, 1.807) is 51.3 Å². The summed E-state index contributed by atoms with van der Waals surface area (Å²) in [6, 6.07) is 6.60. The standard InChI is InChI=1S/C22H24O5/c1-22(2,25)20-13-17-19(26-3)6-4-5-16(21(17)27-20)18(24)12-9-14-7-10-15(23)11-8-14/h4,6-12,20,23,25H,5,13H2,1-3H3/b12-9+. The van der Waals surface area contributed by atoms with Crippen LogP contribution in [0, 0.1) is 0 Å². The molecule has 5 nitrogen and oxygen atoms in total. The molecule has 0 amide bonds. The van der Waals surface area contributed by atoms with E-state index in [1.807, 2.05) is 12.2 Å². The minimum atomic E-state index is -1.04. The van der Waals surface area contributed by atoms with Crippen molar-refractivity contribution in [2.75, 3.05) is 7.11 Å². The zero-order valence-corrected chi connectivity index (χ0v) is 15.7. The van der Waals surface area contributed by atoms with Gasteiger partial charge in [0.1, 0.15) is 23.4 Å². The van der Waals surface area contributed by atoms with Gasteiger partial charge in [0.25, 0.3) is 0 Å². The van der Waals surface area contributed by atoms with Crippen molar-refractivity contribution in [2.24, 2.45) is 0 Å². The van der Waals surface area contributed by atoms with E-state index in [1.165, 1.54) is 6.08 Å². The predicted octanol–water partition coefficient (Wildman–Crippen LogP) is 3.65. The maximum Gasteiger partial charge on any atom is 0.185 e. The number of methoxy groups -OCH3 is 1. The molecule has 1 aromatic rings. The monoisotopic (exact) mass is 368 g/mol. The minimum absolute atomic E-state index is 0.158. The number of ketones is 1. The summed E-state index contributed by atoms with van der Waals surface area (Å²) in [6.07, 6.45) is 7.37. The van der Waals surface area contributed by atoms with Crippen LogP contribution in [0.15, 0.2) is 65.2 Å². The van der Waals surface area contributed by atoms with Crippen molar-refractivity contribution in [3.8, 4) is 5.75 Å². The van der Waals surface area contributed by atoms with Gasteiger partial charge >= 0.3 is 0 Å². The topological polar surface area (TPSA) is 76.0 Å². The Labute approximate surface area is 158 Å². The molecule has 0 bridgehead atoms. The van der Waals surface area contributed by atoms with E-state index in [0.717, 1.165) is 11.1 Å². The first kappa shape index (κ1) is 19.0. The molecular formula is C22H24O5. The van der Waals surface area contributed by atoms with Crippen molar-refractivity contribution >= 4 is 11.9 Å². The molecule has 1 saturated heterocycles.